The Morgan fingerprint density at radius 2 is 2.14 bits per heavy atom. The molecular weight excluding hydrogens is 299 g/mol. The molecule has 0 aliphatic carbocycles. The van der Waals surface area contributed by atoms with Crippen molar-refractivity contribution >= 4 is 22.2 Å². The quantitative estimate of drug-likeness (QED) is 0.741. The third-order valence-corrected chi connectivity index (χ3v) is 4.41. The zero-order valence-electron chi connectivity index (χ0n) is 12.3. The summed E-state index contributed by atoms with van der Waals surface area (Å²) in [6.45, 7) is 0.799. The highest BCUT2D eigenvalue weighted by Crippen LogP contribution is 2.32. The van der Waals surface area contributed by atoms with Gasteiger partial charge >= 0.3 is 0 Å². The van der Waals surface area contributed by atoms with Gasteiger partial charge in [0.2, 0.25) is 0 Å². The number of aromatic nitrogens is 1. The van der Waals surface area contributed by atoms with Gasteiger partial charge in [-0.2, -0.15) is 4.39 Å². The topological polar surface area (TPSA) is 34.1 Å². The molecule has 2 aromatic heterocycles. The summed E-state index contributed by atoms with van der Waals surface area (Å²) in [6.07, 6.45) is 2.36. The third kappa shape index (κ3) is 3.26. The Kier molecular flexibility index (Phi) is 4.65. The average molecular weight is 316 g/mol. The summed E-state index contributed by atoms with van der Waals surface area (Å²) in [7, 11) is 1.90. The first kappa shape index (κ1) is 14.9. The SMILES string of the molecule is CNCC[C@H](Oc1cccc2ncccc12)c1ccc(F)s1. The molecule has 5 heteroatoms. The Morgan fingerprint density at radius 1 is 1.23 bits per heavy atom. The van der Waals surface area contributed by atoms with Crippen LogP contribution < -0.4 is 10.1 Å². The van der Waals surface area contributed by atoms with Crippen LogP contribution >= 0.6 is 11.3 Å². The second-order valence-electron chi connectivity index (χ2n) is 4.97. The Hall–Kier alpha value is -1.98. The lowest BCUT2D eigenvalue weighted by Crippen LogP contribution is -2.15. The molecule has 0 bridgehead atoms. The molecule has 1 atom stereocenters. The molecule has 22 heavy (non-hydrogen) atoms. The smallest absolute Gasteiger partial charge is 0.176 e. The van der Waals surface area contributed by atoms with Crippen LogP contribution in [0.25, 0.3) is 10.9 Å². The molecule has 0 radical (unpaired) electrons. The molecule has 2 heterocycles. The van der Waals surface area contributed by atoms with Gasteiger partial charge in [-0.1, -0.05) is 6.07 Å². The number of hydrogen-bond donors (Lipinski definition) is 1. The minimum atomic E-state index is -0.187. The molecule has 0 aliphatic heterocycles. The molecule has 0 fully saturated rings. The van der Waals surface area contributed by atoms with Gasteiger partial charge in [-0.15, -0.1) is 11.3 Å². The number of pyridine rings is 1. The highest BCUT2D eigenvalue weighted by atomic mass is 32.1. The van der Waals surface area contributed by atoms with Gasteiger partial charge in [-0.05, 0) is 50.0 Å². The molecule has 1 aromatic carbocycles. The van der Waals surface area contributed by atoms with Crippen LogP contribution in [0.4, 0.5) is 4.39 Å². The molecular formula is C17H17FN2OS. The molecule has 0 amide bonds. The standard InChI is InChI=1S/C17H17FN2OS/c1-19-11-9-15(16-7-8-17(18)22-16)21-14-6-2-5-13-12(14)4-3-10-20-13/h2-8,10,15,19H,9,11H2,1H3/t15-/m0/s1. The molecule has 3 aromatic rings. The zero-order valence-corrected chi connectivity index (χ0v) is 13.1. The second kappa shape index (κ2) is 6.85. The molecule has 3 rings (SSSR count). The number of rotatable bonds is 6. The van der Waals surface area contributed by atoms with Gasteiger partial charge in [0, 0.05) is 22.9 Å². The largest absolute Gasteiger partial charge is 0.484 e. The van der Waals surface area contributed by atoms with Gasteiger partial charge in [-0.25, -0.2) is 0 Å². The molecule has 114 valence electrons. The number of halogens is 1. The first-order chi connectivity index (χ1) is 10.8. The minimum absolute atomic E-state index is 0.173. The van der Waals surface area contributed by atoms with Gasteiger partial charge in [0.05, 0.1) is 5.52 Å². The van der Waals surface area contributed by atoms with Crippen LogP contribution in [0.5, 0.6) is 5.75 Å². The van der Waals surface area contributed by atoms with E-state index in [1.807, 2.05) is 37.4 Å². The maximum atomic E-state index is 13.3. The van der Waals surface area contributed by atoms with Crippen LogP contribution in [-0.2, 0) is 0 Å². The van der Waals surface area contributed by atoms with Crippen molar-refractivity contribution in [2.45, 2.75) is 12.5 Å². The Balaban J connectivity index is 1.91. The normalized spacial score (nSPS) is 12.5. The van der Waals surface area contributed by atoms with Crippen molar-refractivity contribution < 1.29 is 9.13 Å². The number of nitrogens with one attached hydrogen (secondary N) is 1. The van der Waals surface area contributed by atoms with Crippen molar-refractivity contribution in [3.8, 4) is 5.75 Å². The summed E-state index contributed by atoms with van der Waals surface area (Å²) in [4.78, 5) is 5.24. The van der Waals surface area contributed by atoms with Crippen molar-refractivity contribution in [3.63, 3.8) is 0 Å². The molecule has 1 N–H and O–H groups in total. The number of fused-ring (bicyclic) bond motifs is 1. The predicted octanol–water partition coefficient (Wildman–Crippen LogP) is 4.17. The van der Waals surface area contributed by atoms with E-state index in [0.29, 0.717) is 0 Å². The fourth-order valence-corrected chi connectivity index (χ4v) is 3.16. The van der Waals surface area contributed by atoms with Gasteiger partial charge in [0.1, 0.15) is 11.9 Å². The van der Waals surface area contributed by atoms with Crippen LogP contribution in [0, 0.1) is 5.13 Å². The third-order valence-electron chi connectivity index (χ3n) is 3.44. The fourth-order valence-electron chi connectivity index (χ4n) is 2.37. The summed E-state index contributed by atoms with van der Waals surface area (Å²) in [5, 5.41) is 3.90. The lowest BCUT2D eigenvalue weighted by Gasteiger charge is -2.19. The molecule has 0 unspecified atom stereocenters. The first-order valence-corrected chi connectivity index (χ1v) is 8.00. The molecule has 0 spiro atoms. The Labute approximate surface area is 132 Å². The predicted molar refractivity (Wildman–Crippen MR) is 87.9 cm³/mol. The maximum absolute atomic E-state index is 13.3. The highest BCUT2D eigenvalue weighted by molar-refractivity contribution is 7.10. The van der Waals surface area contributed by atoms with Crippen LogP contribution in [0.15, 0.2) is 48.7 Å². The summed E-state index contributed by atoms with van der Waals surface area (Å²) in [5.41, 5.74) is 0.893. The van der Waals surface area contributed by atoms with E-state index in [-0.39, 0.29) is 11.2 Å². The number of nitrogens with zero attached hydrogens (tertiary/aromatic N) is 1. The number of thiophene rings is 1. The second-order valence-corrected chi connectivity index (χ2v) is 6.03. The fraction of sp³-hybridized carbons (Fsp3) is 0.235. The number of benzene rings is 1. The summed E-state index contributed by atoms with van der Waals surface area (Å²) < 4.78 is 19.5. The van der Waals surface area contributed by atoms with Crippen molar-refractivity contribution in [2.75, 3.05) is 13.6 Å². The summed E-state index contributed by atoms with van der Waals surface area (Å²) >= 11 is 1.14. The van der Waals surface area contributed by atoms with Crippen molar-refractivity contribution in [2.24, 2.45) is 0 Å². The van der Waals surface area contributed by atoms with Crippen LogP contribution in [0.2, 0.25) is 0 Å². The van der Waals surface area contributed by atoms with E-state index in [2.05, 4.69) is 10.3 Å². The van der Waals surface area contributed by atoms with Gasteiger partial charge < -0.3 is 10.1 Å². The van der Waals surface area contributed by atoms with E-state index in [1.54, 1.807) is 12.3 Å². The molecule has 0 saturated heterocycles. The molecule has 3 nitrogen and oxygen atoms in total. The minimum Gasteiger partial charge on any atom is -0.484 e. The Morgan fingerprint density at radius 3 is 2.91 bits per heavy atom. The van der Waals surface area contributed by atoms with Gasteiger partial charge in [0.15, 0.2) is 5.13 Å². The van der Waals surface area contributed by atoms with E-state index in [9.17, 15) is 4.39 Å². The summed E-state index contributed by atoms with van der Waals surface area (Å²) in [6, 6.07) is 13.0. The van der Waals surface area contributed by atoms with Gasteiger partial charge in [0.25, 0.3) is 0 Å². The first-order valence-electron chi connectivity index (χ1n) is 7.18. The van der Waals surface area contributed by atoms with Crippen molar-refractivity contribution in [1.82, 2.24) is 10.3 Å². The monoisotopic (exact) mass is 316 g/mol. The zero-order chi connectivity index (χ0) is 15.4. The lowest BCUT2D eigenvalue weighted by atomic mass is 10.1. The van der Waals surface area contributed by atoms with E-state index >= 15 is 0 Å². The van der Waals surface area contributed by atoms with E-state index in [0.717, 1.165) is 45.8 Å². The molecule has 0 aliphatic rings. The molecule has 0 saturated carbocycles. The van der Waals surface area contributed by atoms with E-state index in [4.69, 9.17) is 4.74 Å². The number of ether oxygens (including phenoxy) is 1. The van der Waals surface area contributed by atoms with Crippen LogP contribution in [0.1, 0.15) is 17.4 Å². The van der Waals surface area contributed by atoms with E-state index < -0.39 is 0 Å². The van der Waals surface area contributed by atoms with Crippen LogP contribution in [0.3, 0.4) is 0 Å². The summed E-state index contributed by atoms with van der Waals surface area (Å²) in [5.74, 6) is 0.778. The maximum Gasteiger partial charge on any atom is 0.176 e. The highest BCUT2D eigenvalue weighted by Gasteiger charge is 2.17. The van der Waals surface area contributed by atoms with Gasteiger partial charge in [-0.3, -0.25) is 4.98 Å². The average Bonchev–Trinajstić information content (AvgIpc) is 2.98. The van der Waals surface area contributed by atoms with Crippen LogP contribution in [-0.4, -0.2) is 18.6 Å². The van der Waals surface area contributed by atoms with Crippen molar-refractivity contribution in [3.05, 3.63) is 58.7 Å². The van der Waals surface area contributed by atoms with Crippen molar-refractivity contribution in [1.29, 1.82) is 0 Å². The van der Waals surface area contributed by atoms with E-state index in [1.165, 1.54) is 6.07 Å². The lowest BCUT2D eigenvalue weighted by molar-refractivity contribution is 0.201. The Bertz CT molecular complexity index is 754. The number of hydrogen-bond acceptors (Lipinski definition) is 4.